The maximum absolute atomic E-state index is 12.1. The van der Waals surface area contributed by atoms with Crippen LogP contribution in [0.5, 0.6) is 0 Å². The molecule has 1 rings (SSSR count). The summed E-state index contributed by atoms with van der Waals surface area (Å²) in [5, 5.41) is 0. The summed E-state index contributed by atoms with van der Waals surface area (Å²) in [6.45, 7) is 15.8. The van der Waals surface area contributed by atoms with E-state index in [2.05, 4.69) is 18.7 Å². The number of carbonyl (C=O) groups excluding carboxylic acids is 1. The van der Waals surface area contributed by atoms with E-state index in [1.807, 2.05) is 25.7 Å². The first kappa shape index (κ1) is 17.4. The van der Waals surface area contributed by atoms with Crippen LogP contribution in [0.2, 0.25) is 0 Å². The summed E-state index contributed by atoms with van der Waals surface area (Å²) >= 11 is 0. The Bertz CT molecular complexity index is 287. The average molecular weight is 284 g/mol. The van der Waals surface area contributed by atoms with E-state index in [0.29, 0.717) is 0 Å². The second kappa shape index (κ2) is 7.99. The van der Waals surface area contributed by atoms with Crippen LogP contribution in [0.3, 0.4) is 0 Å². The van der Waals surface area contributed by atoms with Gasteiger partial charge in [-0.25, -0.2) is 0 Å². The third-order valence-electron chi connectivity index (χ3n) is 4.01. The van der Waals surface area contributed by atoms with Crippen molar-refractivity contribution in [2.45, 2.75) is 53.1 Å². The van der Waals surface area contributed by atoms with Gasteiger partial charge in [-0.2, -0.15) is 0 Å². The summed E-state index contributed by atoms with van der Waals surface area (Å²) in [6, 6.07) is 0. The van der Waals surface area contributed by atoms with Crippen LogP contribution < -0.4 is 0 Å². The molecule has 1 fully saturated rings. The van der Waals surface area contributed by atoms with Crippen molar-refractivity contribution in [3.63, 3.8) is 0 Å². The van der Waals surface area contributed by atoms with Gasteiger partial charge in [-0.05, 0) is 52.6 Å². The minimum atomic E-state index is -0.239. The molecule has 118 valence electrons. The van der Waals surface area contributed by atoms with Crippen molar-refractivity contribution in [3.8, 4) is 0 Å². The van der Waals surface area contributed by atoms with Crippen molar-refractivity contribution in [2.24, 2.45) is 5.92 Å². The van der Waals surface area contributed by atoms with Crippen LogP contribution >= 0.6 is 0 Å². The SMILES string of the molecule is CCN(CC)CC1CCN(C(=O)COC(C)(C)C)CC1. The van der Waals surface area contributed by atoms with Crippen LogP contribution in [0.25, 0.3) is 0 Å². The van der Waals surface area contributed by atoms with E-state index in [0.717, 1.165) is 44.9 Å². The Kier molecular flexibility index (Phi) is 6.96. The monoisotopic (exact) mass is 284 g/mol. The predicted octanol–water partition coefficient (Wildman–Crippen LogP) is 2.38. The quantitative estimate of drug-likeness (QED) is 0.751. The van der Waals surface area contributed by atoms with E-state index in [1.165, 1.54) is 6.54 Å². The van der Waals surface area contributed by atoms with Gasteiger partial charge < -0.3 is 14.5 Å². The molecule has 0 aromatic heterocycles. The van der Waals surface area contributed by atoms with Crippen LogP contribution in [-0.2, 0) is 9.53 Å². The van der Waals surface area contributed by atoms with Crippen molar-refractivity contribution in [1.29, 1.82) is 0 Å². The highest BCUT2D eigenvalue weighted by molar-refractivity contribution is 5.77. The molecule has 0 atom stereocenters. The number of nitrogens with zero attached hydrogens (tertiary/aromatic N) is 2. The summed E-state index contributed by atoms with van der Waals surface area (Å²) in [7, 11) is 0. The maximum atomic E-state index is 12.1. The van der Waals surface area contributed by atoms with Crippen molar-refractivity contribution in [2.75, 3.05) is 39.3 Å². The summed E-state index contributed by atoms with van der Waals surface area (Å²) in [6.07, 6.45) is 2.25. The Morgan fingerprint density at radius 2 is 1.75 bits per heavy atom. The predicted molar refractivity (Wildman–Crippen MR) is 82.8 cm³/mol. The van der Waals surface area contributed by atoms with Gasteiger partial charge in [0.25, 0.3) is 0 Å². The number of hydrogen-bond acceptors (Lipinski definition) is 3. The van der Waals surface area contributed by atoms with Gasteiger partial charge in [-0.1, -0.05) is 13.8 Å². The van der Waals surface area contributed by atoms with Gasteiger partial charge in [0.05, 0.1) is 5.60 Å². The Balaban J connectivity index is 2.29. The van der Waals surface area contributed by atoms with Crippen LogP contribution in [0.4, 0.5) is 0 Å². The fourth-order valence-electron chi connectivity index (χ4n) is 2.58. The lowest BCUT2D eigenvalue weighted by molar-refractivity contribution is -0.142. The van der Waals surface area contributed by atoms with Crippen molar-refractivity contribution >= 4 is 5.91 Å². The molecule has 4 nitrogen and oxygen atoms in total. The second-order valence-corrected chi connectivity index (χ2v) is 6.71. The highest BCUT2D eigenvalue weighted by Gasteiger charge is 2.24. The number of amides is 1. The Hall–Kier alpha value is -0.610. The molecule has 1 heterocycles. The third-order valence-corrected chi connectivity index (χ3v) is 4.01. The molecular weight excluding hydrogens is 252 g/mol. The molecule has 0 spiro atoms. The molecule has 0 unspecified atom stereocenters. The summed E-state index contributed by atoms with van der Waals surface area (Å²) in [5.41, 5.74) is -0.239. The topological polar surface area (TPSA) is 32.8 Å². The first-order valence-corrected chi connectivity index (χ1v) is 7.99. The lowest BCUT2D eigenvalue weighted by Crippen LogP contribution is -2.43. The Labute approximate surface area is 124 Å². The van der Waals surface area contributed by atoms with E-state index in [-0.39, 0.29) is 18.1 Å². The van der Waals surface area contributed by atoms with Crippen LogP contribution in [0.1, 0.15) is 47.5 Å². The molecule has 4 heteroatoms. The zero-order chi connectivity index (χ0) is 15.2. The number of likely N-dealkylation sites (tertiary alicyclic amines) is 1. The van der Waals surface area contributed by atoms with E-state index in [1.54, 1.807) is 0 Å². The lowest BCUT2D eigenvalue weighted by atomic mass is 9.96. The summed E-state index contributed by atoms with van der Waals surface area (Å²) in [5.74, 6) is 0.878. The largest absolute Gasteiger partial charge is 0.366 e. The highest BCUT2D eigenvalue weighted by Crippen LogP contribution is 2.19. The molecule has 1 aliphatic heterocycles. The second-order valence-electron chi connectivity index (χ2n) is 6.71. The maximum Gasteiger partial charge on any atom is 0.248 e. The average Bonchev–Trinajstić information content (AvgIpc) is 2.42. The van der Waals surface area contributed by atoms with Gasteiger partial charge >= 0.3 is 0 Å². The van der Waals surface area contributed by atoms with Gasteiger partial charge in [0, 0.05) is 19.6 Å². The summed E-state index contributed by atoms with van der Waals surface area (Å²) < 4.78 is 5.57. The van der Waals surface area contributed by atoms with Crippen molar-refractivity contribution in [1.82, 2.24) is 9.80 Å². The van der Waals surface area contributed by atoms with Gasteiger partial charge in [-0.3, -0.25) is 4.79 Å². The molecule has 1 aliphatic rings. The number of rotatable bonds is 6. The number of ether oxygens (including phenoxy) is 1. The Morgan fingerprint density at radius 1 is 1.20 bits per heavy atom. The molecule has 1 amide bonds. The fourth-order valence-corrected chi connectivity index (χ4v) is 2.58. The molecule has 20 heavy (non-hydrogen) atoms. The Morgan fingerprint density at radius 3 is 2.20 bits per heavy atom. The third kappa shape index (κ3) is 6.23. The van der Waals surface area contributed by atoms with Gasteiger partial charge in [0.15, 0.2) is 0 Å². The van der Waals surface area contributed by atoms with E-state index < -0.39 is 0 Å². The minimum Gasteiger partial charge on any atom is -0.366 e. The first-order valence-electron chi connectivity index (χ1n) is 7.99. The fraction of sp³-hybridized carbons (Fsp3) is 0.938. The molecule has 0 aromatic rings. The molecule has 0 aromatic carbocycles. The normalized spacial score (nSPS) is 17.8. The number of piperidine rings is 1. The zero-order valence-electron chi connectivity index (χ0n) is 13.9. The van der Waals surface area contributed by atoms with E-state index in [4.69, 9.17) is 4.74 Å². The first-order chi connectivity index (χ1) is 9.35. The van der Waals surface area contributed by atoms with Crippen LogP contribution in [0.15, 0.2) is 0 Å². The van der Waals surface area contributed by atoms with Crippen LogP contribution in [-0.4, -0.2) is 60.6 Å². The lowest BCUT2D eigenvalue weighted by Gasteiger charge is -2.34. The van der Waals surface area contributed by atoms with Gasteiger partial charge in [0.2, 0.25) is 5.91 Å². The molecule has 0 radical (unpaired) electrons. The highest BCUT2D eigenvalue weighted by atomic mass is 16.5. The smallest absolute Gasteiger partial charge is 0.248 e. The van der Waals surface area contributed by atoms with Crippen molar-refractivity contribution < 1.29 is 9.53 Å². The molecule has 1 saturated heterocycles. The van der Waals surface area contributed by atoms with E-state index >= 15 is 0 Å². The molecule has 0 saturated carbocycles. The van der Waals surface area contributed by atoms with Gasteiger partial charge in [-0.15, -0.1) is 0 Å². The number of carbonyl (C=O) groups is 1. The standard InChI is InChI=1S/C16H32N2O2/c1-6-17(7-2)12-14-8-10-18(11-9-14)15(19)13-20-16(3,4)5/h14H,6-13H2,1-5H3. The number of hydrogen-bond donors (Lipinski definition) is 0. The zero-order valence-corrected chi connectivity index (χ0v) is 13.9. The molecule has 0 aliphatic carbocycles. The van der Waals surface area contributed by atoms with Gasteiger partial charge in [0.1, 0.15) is 6.61 Å². The van der Waals surface area contributed by atoms with Crippen molar-refractivity contribution in [3.05, 3.63) is 0 Å². The molecule has 0 bridgehead atoms. The van der Waals surface area contributed by atoms with E-state index in [9.17, 15) is 4.79 Å². The summed E-state index contributed by atoms with van der Waals surface area (Å²) in [4.78, 5) is 16.5. The molecular formula is C16H32N2O2. The molecule has 0 N–H and O–H groups in total. The minimum absolute atomic E-state index is 0.140. The van der Waals surface area contributed by atoms with Crippen LogP contribution in [0, 0.1) is 5.92 Å².